The van der Waals surface area contributed by atoms with Crippen molar-refractivity contribution in [3.8, 4) is 0 Å². The summed E-state index contributed by atoms with van der Waals surface area (Å²) in [4.78, 5) is 24.4. The smallest absolute Gasteiger partial charge is 0.342 e. The summed E-state index contributed by atoms with van der Waals surface area (Å²) in [6, 6.07) is 0. The second-order valence-corrected chi connectivity index (χ2v) is 6.51. The molecular formula is C18H27NO4. The Hall–Kier alpha value is -1.78. The summed E-state index contributed by atoms with van der Waals surface area (Å²) in [5.74, 6) is 1.04. The standard InChI is InChI=1S/C18H27NO4/c1-11-12(2)22-13(3)16(11)18(21)23-14(4)17(20)19-10-15-8-6-5-7-9-15/h14-15H,5-10H2,1-4H3,(H,19,20)/t14-/m0/s1. The zero-order valence-electron chi connectivity index (χ0n) is 14.5. The predicted molar refractivity (Wildman–Crippen MR) is 87.4 cm³/mol. The molecule has 0 radical (unpaired) electrons. The van der Waals surface area contributed by atoms with E-state index in [4.69, 9.17) is 9.15 Å². The summed E-state index contributed by atoms with van der Waals surface area (Å²) in [6.45, 7) is 7.62. The van der Waals surface area contributed by atoms with Gasteiger partial charge in [-0.05, 0) is 46.5 Å². The SMILES string of the molecule is Cc1oc(C)c(C(=O)O[C@@H](C)C(=O)NCC2CCCCC2)c1C. The van der Waals surface area contributed by atoms with Gasteiger partial charge in [-0.15, -0.1) is 0 Å². The minimum Gasteiger partial charge on any atom is -0.465 e. The molecule has 128 valence electrons. The fraction of sp³-hybridized carbons (Fsp3) is 0.667. The lowest BCUT2D eigenvalue weighted by molar-refractivity contribution is -0.129. The molecule has 1 heterocycles. The molecule has 0 spiro atoms. The van der Waals surface area contributed by atoms with Crippen molar-refractivity contribution in [1.82, 2.24) is 5.32 Å². The number of aryl methyl sites for hydroxylation is 2. The molecule has 0 aromatic carbocycles. The van der Waals surface area contributed by atoms with Crippen LogP contribution < -0.4 is 5.32 Å². The predicted octanol–water partition coefficient (Wildman–Crippen LogP) is 3.45. The van der Waals surface area contributed by atoms with E-state index in [2.05, 4.69) is 5.32 Å². The summed E-state index contributed by atoms with van der Waals surface area (Å²) >= 11 is 0. The Morgan fingerprint density at radius 1 is 1.17 bits per heavy atom. The third-order valence-corrected chi connectivity index (χ3v) is 4.71. The van der Waals surface area contributed by atoms with Crippen molar-refractivity contribution in [3.63, 3.8) is 0 Å². The first-order valence-electron chi connectivity index (χ1n) is 8.45. The van der Waals surface area contributed by atoms with Crippen LogP contribution in [0.25, 0.3) is 0 Å². The van der Waals surface area contributed by atoms with Crippen LogP contribution >= 0.6 is 0 Å². The molecule has 1 fully saturated rings. The molecule has 0 unspecified atom stereocenters. The van der Waals surface area contributed by atoms with Gasteiger partial charge in [-0.2, -0.15) is 0 Å². The molecule has 1 aromatic heterocycles. The van der Waals surface area contributed by atoms with E-state index in [1.54, 1.807) is 20.8 Å². The molecule has 1 saturated carbocycles. The summed E-state index contributed by atoms with van der Waals surface area (Å²) in [7, 11) is 0. The molecule has 0 saturated heterocycles. The molecule has 23 heavy (non-hydrogen) atoms. The van der Waals surface area contributed by atoms with Gasteiger partial charge in [-0.25, -0.2) is 4.79 Å². The molecule has 1 aliphatic carbocycles. The summed E-state index contributed by atoms with van der Waals surface area (Å²) < 4.78 is 10.7. The van der Waals surface area contributed by atoms with Gasteiger partial charge in [0.05, 0.1) is 0 Å². The number of carbonyl (C=O) groups excluding carboxylic acids is 2. The molecule has 2 rings (SSSR count). The van der Waals surface area contributed by atoms with Gasteiger partial charge in [0.15, 0.2) is 6.10 Å². The highest BCUT2D eigenvalue weighted by molar-refractivity contribution is 5.94. The van der Waals surface area contributed by atoms with E-state index in [9.17, 15) is 9.59 Å². The molecule has 5 heteroatoms. The van der Waals surface area contributed by atoms with Crippen LogP contribution in [0.1, 0.15) is 66.5 Å². The van der Waals surface area contributed by atoms with Crippen LogP contribution in [-0.4, -0.2) is 24.5 Å². The van der Waals surface area contributed by atoms with E-state index in [-0.39, 0.29) is 5.91 Å². The molecule has 1 aromatic rings. The number of ether oxygens (including phenoxy) is 1. The number of hydrogen-bond acceptors (Lipinski definition) is 4. The molecule has 1 aliphatic rings. The second kappa shape index (κ2) is 7.66. The average Bonchev–Trinajstić information content (AvgIpc) is 2.78. The first-order valence-corrected chi connectivity index (χ1v) is 8.45. The fourth-order valence-electron chi connectivity index (χ4n) is 3.15. The van der Waals surface area contributed by atoms with E-state index < -0.39 is 12.1 Å². The number of esters is 1. The van der Waals surface area contributed by atoms with Crippen LogP contribution in [-0.2, 0) is 9.53 Å². The maximum atomic E-state index is 12.3. The van der Waals surface area contributed by atoms with Gasteiger partial charge in [0.25, 0.3) is 5.91 Å². The Morgan fingerprint density at radius 3 is 2.39 bits per heavy atom. The van der Waals surface area contributed by atoms with Crippen molar-refractivity contribution in [2.24, 2.45) is 5.92 Å². The Morgan fingerprint density at radius 2 is 1.83 bits per heavy atom. The van der Waals surface area contributed by atoms with Crippen LogP contribution in [0.15, 0.2) is 4.42 Å². The zero-order valence-corrected chi connectivity index (χ0v) is 14.5. The molecule has 1 N–H and O–H groups in total. The van der Waals surface area contributed by atoms with Crippen LogP contribution in [0.5, 0.6) is 0 Å². The Balaban J connectivity index is 1.86. The monoisotopic (exact) mass is 321 g/mol. The topological polar surface area (TPSA) is 68.5 Å². The average molecular weight is 321 g/mol. The summed E-state index contributed by atoms with van der Waals surface area (Å²) in [5.41, 5.74) is 1.19. The number of nitrogens with one attached hydrogen (secondary N) is 1. The zero-order chi connectivity index (χ0) is 17.0. The van der Waals surface area contributed by atoms with Gasteiger partial charge in [-0.3, -0.25) is 4.79 Å². The molecule has 0 bridgehead atoms. The number of carbonyl (C=O) groups is 2. The van der Waals surface area contributed by atoms with Gasteiger partial charge < -0.3 is 14.5 Å². The molecule has 0 aliphatic heterocycles. The van der Waals surface area contributed by atoms with Crippen molar-refractivity contribution in [3.05, 3.63) is 22.6 Å². The Kier molecular flexibility index (Phi) is 5.85. The lowest BCUT2D eigenvalue weighted by Crippen LogP contribution is -2.38. The van der Waals surface area contributed by atoms with Crippen molar-refractivity contribution in [2.75, 3.05) is 6.54 Å². The van der Waals surface area contributed by atoms with E-state index in [1.165, 1.54) is 32.1 Å². The molecular weight excluding hydrogens is 294 g/mol. The second-order valence-electron chi connectivity index (χ2n) is 6.51. The van der Waals surface area contributed by atoms with Crippen LogP contribution in [0.2, 0.25) is 0 Å². The van der Waals surface area contributed by atoms with Crippen LogP contribution in [0, 0.1) is 26.7 Å². The van der Waals surface area contributed by atoms with E-state index in [0.717, 1.165) is 5.56 Å². The van der Waals surface area contributed by atoms with Crippen molar-refractivity contribution >= 4 is 11.9 Å². The first-order chi connectivity index (χ1) is 10.9. The largest absolute Gasteiger partial charge is 0.465 e. The minimum atomic E-state index is -0.805. The third kappa shape index (κ3) is 4.36. The lowest BCUT2D eigenvalue weighted by Gasteiger charge is -2.22. The van der Waals surface area contributed by atoms with Crippen molar-refractivity contribution < 1.29 is 18.7 Å². The van der Waals surface area contributed by atoms with Gasteiger partial charge in [0.2, 0.25) is 0 Å². The molecule has 1 atom stereocenters. The van der Waals surface area contributed by atoms with E-state index >= 15 is 0 Å². The van der Waals surface area contributed by atoms with Crippen LogP contribution in [0.3, 0.4) is 0 Å². The van der Waals surface area contributed by atoms with Crippen molar-refractivity contribution in [2.45, 2.75) is 65.9 Å². The highest BCUT2D eigenvalue weighted by Crippen LogP contribution is 2.23. The number of furan rings is 1. The van der Waals surface area contributed by atoms with Gasteiger partial charge >= 0.3 is 5.97 Å². The van der Waals surface area contributed by atoms with E-state index in [0.29, 0.717) is 29.5 Å². The summed E-state index contributed by atoms with van der Waals surface area (Å²) in [5, 5.41) is 2.90. The molecule has 1 amide bonds. The van der Waals surface area contributed by atoms with E-state index in [1.807, 2.05) is 6.92 Å². The quantitative estimate of drug-likeness (QED) is 0.843. The number of rotatable bonds is 5. The van der Waals surface area contributed by atoms with Crippen molar-refractivity contribution in [1.29, 1.82) is 0 Å². The normalized spacial score (nSPS) is 16.9. The number of amides is 1. The number of hydrogen-bond donors (Lipinski definition) is 1. The molecule has 5 nitrogen and oxygen atoms in total. The third-order valence-electron chi connectivity index (χ3n) is 4.71. The lowest BCUT2D eigenvalue weighted by atomic mass is 9.89. The maximum Gasteiger partial charge on any atom is 0.342 e. The first kappa shape index (κ1) is 17.6. The highest BCUT2D eigenvalue weighted by Gasteiger charge is 2.25. The minimum absolute atomic E-state index is 0.237. The Bertz CT molecular complexity index is 570. The Labute approximate surface area is 137 Å². The summed E-state index contributed by atoms with van der Waals surface area (Å²) in [6.07, 6.45) is 5.30. The van der Waals surface area contributed by atoms with Gasteiger partial charge in [-0.1, -0.05) is 19.3 Å². The maximum absolute atomic E-state index is 12.3. The van der Waals surface area contributed by atoms with Gasteiger partial charge in [0, 0.05) is 12.1 Å². The van der Waals surface area contributed by atoms with Gasteiger partial charge in [0.1, 0.15) is 17.1 Å². The van der Waals surface area contributed by atoms with Crippen LogP contribution in [0.4, 0.5) is 0 Å². The highest BCUT2D eigenvalue weighted by atomic mass is 16.5. The fourth-order valence-corrected chi connectivity index (χ4v) is 3.15.